The van der Waals surface area contributed by atoms with Gasteiger partial charge in [-0.15, -0.1) is 0 Å². The molecule has 2 aliphatic rings. The molecule has 0 bridgehead atoms. The van der Waals surface area contributed by atoms with E-state index in [1.165, 1.54) is 17.5 Å². The normalized spacial score (nSPS) is 18.3. The van der Waals surface area contributed by atoms with Crippen molar-refractivity contribution in [1.82, 2.24) is 9.91 Å². The zero-order chi connectivity index (χ0) is 22.3. The summed E-state index contributed by atoms with van der Waals surface area (Å²) in [5, 5.41) is 9.70. The number of likely N-dealkylation sites (tertiary alicyclic amines) is 1. The quantitative estimate of drug-likeness (QED) is 0.280. The molecule has 170 valence electrons. The van der Waals surface area contributed by atoms with Crippen molar-refractivity contribution in [3.8, 4) is 17.2 Å². The maximum absolute atomic E-state index is 6.11. The number of rotatable bonds is 8. The zero-order valence-electron chi connectivity index (χ0n) is 18.3. The summed E-state index contributed by atoms with van der Waals surface area (Å²) in [6.45, 7) is 3.67. The van der Waals surface area contributed by atoms with E-state index in [4.69, 9.17) is 25.8 Å². The molecule has 9 heteroatoms. The third kappa shape index (κ3) is 5.16. The minimum absolute atomic E-state index is 0.140. The molecule has 0 saturated carbocycles. The molecule has 2 aliphatic heterocycles. The second-order valence-corrected chi connectivity index (χ2v) is 7.90. The molecule has 1 fully saturated rings. The summed E-state index contributed by atoms with van der Waals surface area (Å²) in [4.78, 5) is 2.06. The van der Waals surface area contributed by atoms with Crippen LogP contribution in [0.2, 0.25) is 0 Å². The fourth-order valence-electron chi connectivity index (χ4n) is 4.08. The molecule has 1 unspecified atom stereocenters. The Labute approximate surface area is 188 Å². The van der Waals surface area contributed by atoms with Crippen molar-refractivity contribution in [1.29, 1.82) is 0 Å². The largest absolute Gasteiger partial charge is 0.493 e. The van der Waals surface area contributed by atoms with Gasteiger partial charge in [0, 0.05) is 19.5 Å². The van der Waals surface area contributed by atoms with Crippen LogP contribution in [0.5, 0.6) is 17.2 Å². The lowest BCUT2D eigenvalue weighted by Crippen LogP contribution is -2.26. The van der Waals surface area contributed by atoms with Crippen LogP contribution in [-0.2, 0) is 19.6 Å². The highest BCUT2D eigenvalue weighted by atomic mass is 16.5. The summed E-state index contributed by atoms with van der Waals surface area (Å²) < 4.78 is 17.7. The van der Waals surface area contributed by atoms with E-state index >= 15 is 0 Å². The van der Waals surface area contributed by atoms with E-state index in [2.05, 4.69) is 21.2 Å². The van der Waals surface area contributed by atoms with Crippen LogP contribution in [0.4, 0.5) is 0 Å². The van der Waals surface area contributed by atoms with Crippen molar-refractivity contribution >= 4 is 12.7 Å². The van der Waals surface area contributed by atoms with Crippen LogP contribution in [0.3, 0.4) is 0 Å². The van der Waals surface area contributed by atoms with Crippen LogP contribution < -0.4 is 25.8 Å². The van der Waals surface area contributed by atoms with Crippen molar-refractivity contribution in [3.63, 3.8) is 0 Å². The molecule has 2 aromatic carbocycles. The average Bonchev–Trinajstić information content (AvgIpc) is 3.25. The van der Waals surface area contributed by atoms with Gasteiger partial charge in [-0.2, -0.15) is 10.2 Å². The SMILES string of the molecule is COc1cc2c(cc1OCc1ccc(OC3CCN(C=NN)C3)cc1)CCN(N=CN)C2. The molecule has 0 spiro atoms. The van der Waals surface area contributed by atoms with E-state index < -0.39 is 0 Å². The zero-order valence-corrected chi connectivity index (χ0v) is 18.3. The van der Waals surface area contributed by atoms with Crippen molar-refractivity contribution < 1.29 is 14.2 Å². The summed E-state index contributed by atoms with van der Waals surface area (Å²) in [7, 11) is 1.66. The molecular weight excluding hydrogens is 408 g/mol. The van der Waals surface area contributed by atoms with Gasteiger partial charge in [0.25, 0.3) is 0 Å². The van der Waals surface area contributed by atoms with Gasteiger partial charge in [0.15, 0.2) is 11.5 Å². The Kier molecular flexibility index (Phi) is 6.84. The monoisotopic (exact) mass is 438 g/mol. The first-order valence-electron chi connectivity index (χ1n) is 10.7. The van der Waals surface area contributed by atoms with Crippen LogP contribution in [0, 0.1) is 0 Å². The Hall–Kier alpha value is -3.62. The molecule has 2 aromatic rings. The maximum Gasteiger partial charge on any atom is 0.161 e. The molecular formula is C23H30N6O3. The summed E-state index contributed by atoms with van der Waals surface area (Å²) >= 11 is 0. The Bertz CT molecular complexity index is 963. The number of methoxy groups -OCH3 is 1. The highest BCUT2D eigenvalue weighted by Gasteiger charge is 2.22. The summed E-state index contributed by atoms with van der Waals surface area (Å²) in [6, 6.07) is 12.1. The number of nitrogens with zero attached hydrogens (tertiary/aromatic N) is 4. The Morgan fingerprint density at radius 1 is 1.12 bits per heavy atom. The third-order valence-corrected chi connectivity index (χ3v) is 5.73. The van der Waals surface area contributed by atoms with Gasteiger partial charge in [0.1, 0.15) is 31.1 Å². The average molecular weight is 439 g/mol. The second kappa shape index (κ2) is 10.1. The Morgan fingerprint density at radius 3 is 2.69 bits per heavy atom. The minimum Gasteiger partial charge on any atom is -0.493 e. The number of fused-ring (bicyclic) bond motifs is 1. The molecule has 9 nitrogen and oxygen atoms in total. The molecule has 32 heavy (non-hydrogen) atoms. The predicted molar refractivity (Wildman–Crippen MR) is 124 cm³/mol. The number of benzene rings is 2. The molecule has 0 amide bonds. The summed E-state index contributed by atoms with van der Waals surface area (Å²) in [5.41, 5.74) is 8.91. The molecule has 0 radical (unpaired) electrons. The Morgan fingerprint density at radius 2 is 1.94 bits per heavy atom. The van der Waals surface area contributed by atoms with Gasteiger partial charge in [-0.25, -0.2) is 0 Å². The van der Waals surface area contributed by atoms with E-state index in [1.807, 2.05) is 35.3 Å². The van der Waals surface area contributed by atoms with Crippen LogP contribution in [0.15, 0.2) is 46.6 Å². The number of nitrogens with two attached hydrogens (primary N) is 2. The standard InChI is InChI=1S/C23H30N6O3/c1-30-22-11-19-12-29(27-15-24)9-6-18(19)10-23(22)31-14-17-2-4-20(5-3-17)32-21-7-8-28(13-21)16-26-25/h2-5,10-11,15-16,21H,6-9,12-14,25H2,1H3,(H2,24,27). The molecule has 4 rings (SSSR count). The van der Waals surface area contributed by atoms with Gasteiger partial charge in [-0.05, 0) is 47.4 Å². The van der Waals surface area contributed by atoms with Gasteiger partial charge >= 0.3 is 0 Å². The number of hydrogen-bond donors (Lipinski definition) is 2. The first-order valence-corrected chi connectivity index (χ1v) is 10.7. The minimum atomic E-state index is 0.140. The van der Waals surface area contributed by atoms with Crippen molar-refractivity contribution in [2.75, 3.05) is 26.7 Å². The lowest BCUT2D eigenvalue weighted by Gasteiger charge is -2.27. The highest BCUT2D eigenvalue weighted by Crippen LogP contribution is 2.34. The van der Waals surface area contributed by atoms with E-state index in [-0.39, 0.29) is 6.10 Å². The van der Waals surface area contributed by atoms with Gasteiger partial charge in [-0.3, -0.25) is 5.01 Å². The topological polar surface area (TPSA) is 111 Å². The van der Waals surface area contributed by atoms with E-state index in [0.29, 0.717) is 18.9 Å². The van der Waals surface area contributed by atoms with Crippen LogP contribution >= 0.6 is 0 Å². The second-order valence-electron chi connectivity index (χ2n) is 7.90. The highest BCUT2D eigenvalue weighted by molar-refractivity contribution is 5.55. The molecule has 2 heterocycles. The third-order valence-electron chi connectivity index (χ3n) is 5.73. The van der Waals surface area contributed by atoms with Crippen LogP contribution in [0.1, 0.15) is 23.1 Å². The van der Waals surface area contributed by atoms with E-state index in [0.717, 1.165) is 49.5 Å². The molecule has 1 atom stereocenters. The Balaban J connectivity index is 1.35. The number of hydrazone groups is 2. The number of hydrogen-bond acceptors (Lipinski definition) is 7. The molecule has 1 saturated heterocycles. The van der Waals surface area contributed by atoms with Gasteiger partial charge in [0.05, 0.1) is 20.2 Å². The molecule has 0 aliphatic carbocycles. The maximum atomic E-state index is 6.11. The lowest BCUT2D eigenvalue weighted by molar-refractivity contribution is 0.215. The fraction of sp³-hybridized carbons (Fsp3) is 0.391. The summed E-state index contributed by atoms with van der Waals surface area (Å²) in [5.74, 6) is 7.53. The van der Waals surface area contributed by atoms with Crippen molar-refractivity contribution in [3.05, 3.63) is 53.1 Å². The van der Waals surface area contributed by atoms with E-state index in [1.54, 1.807) is 13.4 Å². The van der Waals surface area contributed by atoms with Gasteiger partial charge in [0.2, 0.25) is 0 Å². The van der Waals surface area contributed by atoms with Gasteiger partial charge < -0.3 is 30.7 Å². The predicted octanol–water partition coefficient (Wildman–Crippen LogP) is 1.89. The lowest BCUT2D eigenvalue weighted by atomic mass is 10.00. The van der Waals surface area contributed by atoms with E-state index in [9.17, 15) is 0 Å². The van der Waals surface area contributed by atoms with Crippen molar-refractivity contribution in [2.45, 2.75) is 32.1 Å². The molecule has 4 N–H and O–H groups in total. The first-order chi connectivity index (χ1) is 15.7. The van der Waals surface area contributed by atoms with Crippen LogP contribution in [-0.4, -0.2) is 55.4 Å². The fourth-order valence-corrected chi connectivity index (χ4v) is 4.08. The first kappa shape index (κ1) is 21.6. The summed E-state index contributed by atoms with van der Waals surface area (Å²) in [6.07, 6.45) is 4.96. The van der Waals surface area contributed by atoms with Crippen LogP contribution in [0.25, 0.3) is 0 Å². The van der Waals surface area contributed by atoms with Crippen molar-refractivity contribution in [2.24, 2.45) is 21.8 Å². The molecule has 0 aromatic heterocycles. The number of ether oxygens (including phenoxy) is 3. The smallest absolute Gasteiger partial charge is 0.161 e. The van der Waals surface area contributed by atoms with Gasteiger partial charge in [-0.1, -0.05) is 12.1 Å².